The largest absolute Gasteiger partial charge is 0.383 e. The number of amides is 1. The molecule has 0 saturated carbocycles. The molecule has 0 aliphatic heterocycles. The predicted molar refractivity (Wildman–Crippen MR) is 107 cm³/mol. The summed E-state index contributed by atoms with van der Waals surface area (Å²) < 4.78 is 0. The summed E-state index contributed by atoms with van der Waals surface area (Å²) in [5, 5.41) is 6.28. The van der Waals surface area contributed by atoms with Crippen LogP contribution in [0.15, 0.2) is 67.0 Å². The lowest BCUT2D eigenvalue weighted by Gasteiger charge is -2.11. The highest BCUT2D eigenvalue weighted by atomic mass is 16.1. The molecule has 1 heterocycles. The van der Waals surface area contributed by atoms with Crippen molar-refractivity contribution in [1.29, 1.82) is 0 Å². The molecule has 4 nitrogen and oxygen atoms in total. The van der Waals surface area contributed by atoms with Gasteiger partial charge in [-0.3, -0.25) is 9.78 Å². The standard InChI is InChI=1S/C22H23N3O/c1-16-8-9-21(17(2)12-16)25-22(26)19-13-20(15-23-14-19)24-11-10-18-6-4-3-5-7-18/h3-9,12-15,24H,10-11H2,1-2H3,(H,25,26). The van der Waals surface area contributed by atoms with Crippen molar-refractivity contribution >= 4 is 17.3 Å². The first-order valence-electron chi connectivity index (χ1n) is 8.73. The van der Waals surface area contributed by atoms with Crippen molar-refractivity contribution < 1.29 is 4.79 Å². The third-order valence-corrected chi connectivity index (χ3v) is 4.22. The fourth-order valence-corrected chi connectivity index (χ4v) is 2.80. The first kappa shape index (κ1) is 17.7. The Bertz CT molecular complexity index is 891. The Morgan fingerprint density at radius 2 is 1.81 bits per heavy atom. The van der Waals surface area contributed by atoms with Gasteiger partial charge in [-0.05, 0) is 43.5 Å². The quantitative estimate of drug-likeness (QED) is 0.686. The number of hydrogen-bond donors (Lipinski definition) is 2. The van der Waals surface area contributed by atoms with Crippen molar-refractivity contribution in [3.05, 3.63) is 89.2 Å². The van der Waals surface area contributed by atoms with Crippen LogP contribution in [0.5, 0.6) is 0 Å². The molecule has 0 atom stereocenters. The number of rotatable bonds is 6. The normalized spacial score (nSPS) is 10.4. The molecular weight excluding hydrogens is 322 g/mol. The molecule has 0 fully saturated rings. The number of nitrogens with zero attached hydrogens (tertiary/aromatic N) is 1. The van der Waals surface area contributed by atoms with Gasteiger partial charge in [0, 0.05) is 24.6 Å². The van der Waals surface area contributed by atoms with Gasteiger partial charge >= 0.3 is 0 Å². The smallest absolute Gasteiger partial charge is 0.257 e. The Balaban J connectivity index is 1.61. The molecule has 1 aromatic heterocycles. The van der Waals surface area contributed by atoms with Gasteiger partial charge in [-0.2, -0.15) is 0 Å². The molecule has 0 unspecified atom stereocenters. The lowest BCUT2D eigenvalue weighted by atomic mass is 10.1. The molecule has 0 spiro atoms. The first-order chi connectivity index (χ1) is 12.6. The number of pyridine rings is 1. The highest BCUT2D eigenvalue weighted by Gasteiger charge is 2.09. The molecule has 26 heavy (non-hydrogen) atoms. The van der Waals surface area contributed by atoms with Gasteiger partial charge in [0.1, 0.15) is 0 Å². The molecule has 3 rings (SSSR count). The number of aryl methyl sites for hydroxylation is 2. The van der Waals surface area contributed by atoms with Crippen LogP contribution < -0.4 is 10.6 Å². The van der Waals surface area contributed by atoms with Crippen LogP contribution in [0.4, 0.5) is 11.4 Å². The second kappa shape index (κ2) is 8.30. The summed E-state index contributed by atoms with van der Waals surface area (Å²) in [5.41, 5.74) is 5.69. The molecule has 132 valence electrons. The van der Waals surface area contributed by atoms with Crippen molar-refractivity contribution in [3.8, 4) is 0 Å². The lowest BCUT2D eigenvalue weighted by Crippen LogP contribution is -2.14. The topological polar surface area (TPSA) is 54.0 Å². The molecule has 2 aromatic carbocycles. The summed E-state index contributed by atoms with van der Waals surface area (Å²) >= 11 is 0. The molecule has 2 N–H and O–H groups in total. The maximum absolute atomic E-state index is 12.5. The summed E-state index contributed by atoms with van der Waals surface area (Å²) in [6.45, 7) is 4.81. The van der Waals surface area contributed by atoms with E-state index in [9.17, 15) is 4.79 Å². The average Bonchev–Trinajstić information content (AvgIpc) is 2.65. The highest BCUT2D eigenvalue weighted by molar-refractivity contribution is 6.04. The SMILES string of the molecule is Cc1ccc(NC(=O)c2cncc(NCCc3ccccc3)c2)c(C)c1. The zero-order valence-electron chi connectivity index (χ0n) is 15.1. The van der Waals surface area contributed by atoms with Crippen LogP contribution in [-0.4, -0.2) is 17.4 Å². The van der Waals surface area contributed by atoms with Crippen LogP contribution in [0, 0.1) is 13.8 Å². The molecule has 0 radical (unpaired) electrons. The van der Waals surface area contributed by atoms with E-state index in [1.54, 1.807) is 12.4 Å². The van der Waals surface area contributed by atoms with E-state index in [0.717, 1.165) is 29.9 Å². The van der Waals surface area contributed by atoms with E-state index in [1.807, 2.05) is 50.2 Å². The summed E-state index contributed by atoms with van der Waals surface area (Å²) in [4.78, 5) is 16.7. The molecular formula is C22H23N3O. The van der Waals surface area contributed by atoms with Gasteiger partial charge in [-0.15, -0.1) is 0 Å². The van der Waals surface area contributed by atoms with Crippen LogP contribution in [-0.2, 0) is 6.42 Å². The van der Waals surface area contributed by atoms with Crippen LogP contribution >= 0.6 is 0 Å². The van der Waals surface area contributed by atoms with Gasteiger partial charge in [0.25, 0.3) is 5.91 Å². The maximum atomic E-state index is 12.5. The minimum atomic E-state index is -0.156. The first-order valence-corrected chi connectivity index (χ1v) is 8.73. The van der Waals surface area contributed by atoms with Gasteiger partial charge in [-0.25, -0.2) is 0 Å². The Hall–Kier alpha value is -3.14. The van der Waals surface area contributed by atoms with E-state index in [0.29, 0.717) is 5.56 Å². The van der Waals surface area contributed by atoms with Crippen molar-refractivity contribution in [3.63, 3.8) is 0 Å². The van der Waals surface area contributed by atoms with Crippen LogP contribution in [0.1, 0.15) is 27.0 Å². The van der Waals surface area contributed by atoms with E-state index in [-0.39, 0.29) is 5.91 Å². The second-order valence-electron chi connectivity index (χ2n) is 6.40. The monoisotopic (exact) mass is 345 g/mol. The van der Waals surface area contributed by atoms with E-state index in [2.05, 4.69) is 33.8 Å². The fraction of sp³-hybridized carbons (Fsp3) is 0.182. The van der Waals surface area contributed by atoms with Gasteiger partial charge < -0.3 is 10.6 Å². The van der Waals surface area contributed by atoms with Gasteiger partial charge in [0.15, 0.2) is 0 Å². The Labute approximate surface area is 154 Å². The Morgan fingerprint density at radius 1 is 1.00 bits per heavy atom. The van der Waals surface area contributed by atoms with Crippen molar-refractivity contribution in [2.45, 2.75) is 20.3 Å². The van der Waals surface area contributed by atoms with Crippen LogP contribution in [0.2, 0.25) is 0 Å². The van der Waals surface area contributed by atoms with Crippen molar-refractivity contribution in [2.75, 3.05) is 17.2 Å². The number of nitrogens with one attached hydrogen (secondary N) is 2. The van der Waals surface area contributed by atoms with E-state index in [4.69, 9.17) is 0 Å². The Morgan fingerprint density at radius 3 is 2.58 bits per heavy atom. The zero-order chi connectivity index (χ0) is 18.4. The molecule has 0 bridgehead atoms. The summed E-state index contributed by atoms with van der Waals surface area (Å²) in [7, 11) is 0. The van der Waals surface area contributed by atoms with Crippen LogP contribution in [0.25, 0.3) is 0 Å². The number of hydrogen-bond acceptors (Lipinski definition) is 3. The number of carbonyl (C=O) groups excluding carboxylic acids is 1. The average molecular weight is 345 g/mol. The summed E-state index contributed by atoms with van der Waals surface area (Å²) in [6, 6.07) is 18.1. The van der Waals surface area contributed by atoms with Gasteiger partial charge in [0.05, 0.1) is 11.3 Å². The highest BCUT2D eigenvalue weighted by Crippen LogP contribution is 2.18. The molecule has 1 amide bonds. The minimum Gasteiger partial charge on any atom is -0.383 e. The third-order valence-electron chi connectivity index (χ3n) is 4.22. The van der Waals surface area contributed by atoms with E-state index < -0.39 is 0 Å². The fourth-order valence-electron chi connectivity index (χ4n) is 2.80. The lowest BCUT2D eigenvalue weighted by molar-refractivity contribution is 0.102. The van der Waals surface area contributed by atoms with Gasteiger partial charge in [-0.1, -0.05) is 48.0 Å². The molecule has 0 aliphatic carbocycles. The summed E-state index contributed by atoms with van der Waals surface area (Å²) in [6.07, 6.45) is 4.24. The molecule has 3 aromatic rings. The van der Waals surface area contributed by atoms with Crippen molar-refractivity contribution in [2.24, 2.45) is 0 Å². The van der Waals surface area contributed by atoms with Gasteiger partial charge in [0.2, 0.25) is 0 Å². The number of benzene rings is 2. The van der Waals surface area contributed by atoms with Crippen LogP contribution in [0.3, 0.4) is 0 Å². The maximum Gasteiger partial charge on any atom is 0.257 e. The second-order valence-corrected chi connectivity index (χ2v) is 6.40. The molecule has 0 saturated heterocycles. The van der Waals surface area contributed by atoms with E-state index >= 15 is 0 Å². The minimum absolute atomic E-state index is 0.156. The number of aromatic nitrogens is 1. The Kier molecular flexibility index (Phi) is 5.64. The molecule has 4 heteroatoms. The van der Waals surface area contributed by atoms with E-state index in [1.165, 1.54) is 11.1 Å². The van der Waals surface area contributed by atoms with Crippen molar-refractivity contribution in [1.82, 2.24) is 4.98 Å². The number of carbonyl (C=O) groups is 1. The summed E-state index contributed by atoms with van der Waals surface area (Å²) in [5.74, 6) is -0.156. The molecule has 0 aliphatic rings. The zero-order valence-corrected chi connectivity index (χ0v) is 15.1. The third kappa shape index (κ3) is 4.70. The predicted octanol–water partition coefficient (Wildman–Crippen LogP) is 4.61. The number of anilines is 2.